The minimum Gasteiger partial charge on any atom is -0.504 e. The summed E-state index contributed by atoms with van der Waals surface area (Å²) >= 11 is 3.39. The monoisotopic (exact) mass is 337 g/mol. The van der Waals surface area contributed by atoms with Gasteiger partial charge in [0.1, 0.15) is 0 Å². The van der Waals surface area contributed by atoms with Gasteiger partial charge >= 0.3 is 0 Å². The zero-order valence-corrected chi connectivity index (χ0v) is 12.6. The molecule has 0 aromatic heterocycles. The maximum atomic E-state index is 9.74. The highest BCUT2D eigenvalue weighted by molar-refractivity contribution is 9.10. The van der Waals surface area contributed by atoms with Crippen LogP contribution in [0.25, 0.3) is 0 Å². The number of hydrogen-bond donors (Lipinski definition) is 4. The second-order valence-corrected chi connectivity index (χ2v) is 5.51. The third-order valence-electron chi connectivity index (χ3n) is 3.18. The van der Waals surface area contributed by atoms with Crippen molar-refractivity contribution in [3.05, 3.63) is 52.0 Å². The summed E-state index contributed by atoms with van der Waals surface area (Å²) in [6, 6.07) is 11.0. The Bertz CT molecular complexity index is 599. The first-order chi connectivity index (χ1) is 9.49. The highest BCUT2D eigenvalue weighted by Crippen LogP contribution is 2.37. The van der Waals surface area contributed by atoms with Crippen LogP contribution in [-0.4, -0.2) is 15.3 Å². The SMILES string of the molecule is CC(NCc1ccc(O)c(O)c1O)c1ccc(Br)cc1. The van der Waals surface area contributed by atoms with E-state index in [1.165, 1.54) is 6.07 Å². The minimum absolute atomic E-state index is 0.0958. The van der Waals surface area contributed by atoms with Crippen molar-refractivity contribution in [3.8, 4) is 17.2 Å². The number of hydrogen-bond acceptors (Lipinski definition) is 4. The van der Waals surface area contributed by atoms with Crippen LogP contribution in [0.4, 0.5) is 0 Å². The lowest BCUT2D eigenvalue weighted by Crippen LogP contribution is -2.18. The molecule has 1 atom stereocenters. The van der Waals surface area contributed by atoms with Gasteiger partial charge in [0.2, 0.25) is 5.75 Å². The van der Waals surface area contributed by atoms with Crippen LogP contribution < -0.4 is 5.32 Å². The Balaban J connectivity index is 2.05. The minimum atomic E-state index is -0.486. The van der Waals surface area contributed by atoms with Crippen molar-refractivity contribution in [1.29, 1.82) is 0 Å². The van der Waals surface area contributed by atoms with Crippen molar-refractivity contribution >= 4 is 15.9 Å². The first-order valence-corrected chi connectivity index (χ1v) is 7.00. The van der Waals surface area contributed by atoms with E-state index in [1.807, 2.05) is 31.2 Å². The Morgan fingerprint density at radius 1 is 1.00 bits per heavy atom. The molecule has 0 saturated carbocycles. The maximum absolute atomic E-state index is 9.74. The fraction of sp³-hybridized carbons (Fsp3) is 0.200. The van der Waals surface area contributed by atoms with Crippen molar-refractivity contribution in [2.24, 2.45) is 0 Å². The lowest BCUT2D eigenvalue weighted by atomic mass is 10.1. The molecule has 0 bridgehead atoms. The molecule has 4 N–H and O–H groups in total. The molecule has 2 rings (SSSR count). The van der Waals surface area contributed by atoms with Gasteiger partial charge in [0.15, 0.2) is 11.5 Å². The van der Waals surface area contributed by atoms with Crippen molar-refractivity contribution in [2.75, 3.05) is 0 Å². The van der Waals surface area contributed by atoms with Crippen LogP contribution in [-0.2, 0) is 6.54 Å². The van der Waals surface area contributed by atoms with Gasteiger partial charge in [0, 0.05) is 22.6 Å². The fourth-order valence-electron chi connectivity index (χ4n) is 1.89. The Labute approximate surface area is 125 Å². The number of benzene rings is 2. The van der Waals surface area contributed by atoms with E-state index < -0.39 is 5.75 Å². The van der Waals surface area contributed by atoms with E-state index >= 15 is 0 Å². The number of phenols is 3. The van der Waals surface area contributed by atoms with Crippen molar-refractivity contribution in [1.82, 2.24) is 5.32 Å². The average Bonchev–Trinajstić information content (AvgIpc) is 2.44. The molecule has 0 saturated heterocycles. The van der Waals surface area contributed by atoms with Gasteiger partial charge in [-0.15, -0.1) is 0 Å². The Morgan fingerprint density at radius 2 is 1.65 bits per heavy atom. The maximum Gasteiger partial charge on any atom is 0.200 e. The molecule has 5 heteroatoms. The standard InChI is InChI=1S/C15H16BrNO3/c1-9(10-2-5-12(16)6-3-10)17-8-11-4-7-13(18)15(20)14(11)19/h2-7,9,17-20H,8H2,1H3. The summed E-state index contributed by atoms with van der Waals surface area (Å²) in [7, 11) is 0. The lowest BCUT2D eigenvalue weighted by molar-refractivity contribution is 0.363. The van der Waals surface area contributed by atoms with E-state index in [4.69, 9.17) is 0 Å². The van der Waals surface area contributed by atoms with Crippen LogP contribution in [0.2, 0.25) is 0 Å². The summed E-state index contributed by atoms with van der Waals surface area (Å²) < 4.78 is 1.02. The predicted octanol–water partition coefficient (Wildman–Crippen LogP) is 3.42. The van der Waals surface area contributed by atoms with E-state index in [9.17, 15) is 15.3 Å². The zero-order chi connectivity index (χ0) is 14.7. The molecular weight excluding hydrogens is 322 g/mol. The summed E-state index contributed by atoms with van der Waals surface area (Å²) in [5.74, 6) is -1.10. The Hall–Kier alpha value is -1.72. The summed E-state index contributed by atoms with van der Waals surface area (Å²) in [5.41, 5.74) is 1.65. The molecular formula is C15H16BrNO3. The first-order valence-electron chi connectivity index (χ1n) is 6.20. The fourth-order valence-corrected chi connectivity index (χ4v) is 2.15. The zero-order valence-electron chi connectivity index (χ0n) is 11.0. The van der Waals surface area contributed by atoms with Crippen LogP contribution in [0.3, 0.4) is 0 Å². The third-order valence-corrected chi connectivity index (χ3v) is 3.71. The smallest absolute Gasteiger partial charge is 0.200 e. The molecule has 4 nitrogen and oxygen atoms in total. The molecule has 20 heavy (non-hydrogen) atoms. The van der Waals surface area contributed by atoms with Crippen LogP contribution in [0.1, 0.15) is 24.1 Å². The van der Waals surface area contributed by atoms with Crippen LogP contribution in [0.5, 0.6) is 17.2 Å². The van der Waals surface area contributed by atoms with Gasteiger partial charge < -0.3 is 20.6 Å². The van der Waals surface area contributed by atoms with Gasteiger partial charge in [-0.25, -0.2) is 0 Å². The second kappa shape index (κ2) is 6.15. The number of aromatic hydroxyl groups is 3. The number of rotatable bonds is 4. The van der Waals surface area contributed by atoms with E-state index in [-0.39, 0.29) is 17.5 Å². The predicted molar refractivity (Wildman–Crippen MR) is 80.8 cm³/mol. The first kappa shape index (κ1) is 14.7. The van der Waals surface area contributed by atoms with Crippen LogP contribution in [0, 0.1) is 0 Å². The highest BCUT2D eigenvalue weighted by atomic mass is 79.9. The molecule has 0 aliphatic rings. The number of phenolic OH excluding ortho intramolecular Hbond substituents is 3. The largest absolute Gasteiger partial charge is 0.504 e. The quantitative estimate of drug-likeness (QED) is 0.645. The van der Waals surface area contributed by atoms with Crippen molar-refractivity contribution in [2.45, 2.75) is 19.5 Å². The highest BCUT2D eigenvalue weighted by Gasteiger charge is 2.12. The lowest BCUT2D eigenvalue weighted by Gasteiger charge is -2.15. The van der Waals surface area contributed by atoms with E-state index in [1.54, 1.807) is 6.07 Å². The number of halogens is 1. The Kier molecular flexibility index (Phi) is 4.52. The summed E-state index contributed by atoms with van der Waals surface area (Å²) in [4.78, 5) is 0. The van der Waals surface area contributed by atoms with Gasteiger partial charge in [-0.3, -0.25) is 0 Å². The van der Waals surface area contributed by atoms with Gasteiger partial charge in [-0.05, 0) is 30.7 Å². The molecule has 1 unspecified atom stereocenters. The molecule has 0 amide bonds. The average molecular weight is 338 g/mol. The van der Waals surface area contributed by atoms with E-state index in [0.29, 0.717) is 12.1 Å². The van der Waals surface area contributed by atoms with Gasteiger partial charge in [0.25, 0.3) is 0 Å². The van der Waals surface area contributed by atoms with Crippen molar-refractivity contribution in [3.63, 3.8) is 0 Å². The molecule has 106 valence electrons. The summed E-state index contributed by atoms with van der Waals surface area (Å²) in [6.07, 6.45) is 0. The molecule has 0 aliphatic heterocycles. The Morgan fingerprint density at radius 3 is 2.30 bits per heavy atom. The number of nitrogens with one attached hydrogen (secondary N) is 1. The van der Waals surface area contributed by atoms with E-state index in [0.717, 1.165) is 10.0 Å². The van der Waals surface area contributed by atoms with Gasteiger partial charge in [0.05, 0.1) is 0 Å². The summed E-state index contributed by atoms with van der Waals surface area (Å²) in [6.45, 7) is 2.40. The summed E-state index contributed by atoms with van der Waals surface area (Å²) in [5, 5.41) is 31.7. The van der Waals surface area contributed by atoms with Crippen molar-refractivity contribution < 1.29 is 15.3 Å². The third kappa shape index (κ3) is 3.23. The molecule has 0 fully saturated rings. The molecule has 2 aromatic rings. The van der Waals surface area contributed by atoms with Gasteiger partial charge in [-0.2, -0.15) is 0 Å². The van der Waals surface area contributed by atoms with Crippen LogP contribution in [0.15, 0.2) is 40.9 Å². The topological polar surface area (TPSA) is 72.7 Å². The molecule has 0 spiro atoms. The molecule has 0 radical (unpaired) electrons. The van der Waals surface area contributed by atoms with Crippen LogP contribution >= 0.6 is 15.9 Å². The van der Waals surface area contributed by atoms with E-state index in [2.05, 4.69) is 21.2 Å². The molecule has 2 aromatic carbocycles. The molecule has 0 aliphatic carbocycles. The van der Waals surface area contributed by atoms with Gasteiger partial charge in [-0.1, -0.05) is 34.1 Å². The second-order valence-electron chi connectivity index (χ2n) is 4.60. The molecule has 0 heterocycles. The normalized spacial score (nSPS) is 12.3.